The van der Waals surface area contributed by atoms with Crippen LogP contribution in [0.15, 0.2) is 36.4 Å². The lowest BCUT2D eigenvalue weighted by Crippen LogP contribution is -2.15. The largest absolute Gasteiger partial charge is 0.490 e. The molecule has 0 amide bonds. The molecule has 0 unspecified atom stereocenters. The summed E-state index contributed by atoms with van der Waals surface area (Å²) in [5, 5.41) is 3.50. The van der Waals surface area contributed by atoms with E-state index in [9.17, 15) is 0 Å². The van der Waals surface area contributed by atoms with Gasteiger partial charge in [0.05, 0.1) is 0 Å². The number of ether oxygens (including phenoxy) is 1. The Morgan fingerprint density at radius 1 is 1.44 bits per heavy atom. The lowest BCUT2D eigenvalue weighted by atomic mass is 10.2. The van der Waals surface area contributed by atoms with Gasteiger partial charge >= 0.3 is 0 Å². The first-order valence-corrected chi connectivity index (χ1v) is 5.95. The highest BCUT2D eigenvalue weighted by atomic mass is 16.5. The normalized spacial score (nSPS) is 15.6. The van der Waals surface area contributed by atoms with Crippen LogP contribution in [0, 0.1) is 0 Å². The van der Waals surface area contributed by atoms with Gasteiger partial charge in [-0.1, -0.05) is 24.3 Å². The highest BCUT2D eigenvalue weighted by molar-refractivity contribution is 5.28. The van der Waals surface area contributed by atoms with Gasteiger partial charge in [0.2, 0.25) is 0 Å². The standard InChI is InChI=1S/C14H19NO/c1-2-3-9-16-14-6-4-5-12(10-14)11-15-13-7-8-13/h2-6,10,13,15H,7-9,11H2,1H3/b3-2+. The van der Waals surface area contributed by atoms with Crippen molar-refractivity contribution in [1.29, 1.82) is 0 Å². The van der Waals surface area contributed by atoms with Gasteiger partial charge in [0.25, 0.3) is 0 Å². The molecule has 1 fully saturated rings. The Morgan fingerprint density at radius 2 is 2.31 bits per heavy atom. The maximum atomic E-state index is 5.59. The molecule has 0 radical (unpaired) electrons. The lowest BCUT2D eigenvalue weighted by molar-refractivity contribution is 0.362. The minimum Gasteiger partial charge on any atom is -0.490 e. The summed E-state index contributed by atoms with van der Waals surface area (Å²) in [6.45, 7) is 3.60. The molecule has 0 bridgehead atoms. The van der Waals surface area contributed by atoms with Crippen LogP contribution in [-0.4, -0.2) is 12.6 Å². The topological polar surface area (TPSA) is 21.3 Å². The van der Waals surface area contributed by atoms with Crippen molar-refractivity contribution in [1.82, 2.24) is 5.32 Å². The van der Waals surface area contributed by atoms with Crippen LogP contribution in [0.1, 0.15) is 25.3 Å². The van der Waals surface area contributed by atoms with Crippen LogP contribution in [0.2, 0.25) is 0 Å². The average Bonchev–Trinajstić information content (AvgIpc) is 3.11. The van der Waals surface area contributed by atoms with Crippen LogP contribution in [0.25, 0.3) is 0 Å². The molecule has 16 heavy (non-hydrogen) atoms. The molecule has 0 aliphatic heterocycles. The second kappa shape index (κ2) is 5.71. The minimum absolute atomic E-state index is 0.649. The summed E-state index contributed by atoms with van der Waals surface area (Å²) in [7, 11) is 0. The Balaban J connectivity index is 1.84. The summed E-state index contributed by atoms with van der Waals surface area (Å²) in [5.74, 6) is 0.952. The predicted octanol–water partition coefficient (Wildman–Crippen LogP) is 2.89. The van der Waals surface area contributed by atoms with Gasteiger partial charge in [0.15, 0.2) is 0 Å². The van der Waals surface area contributed by atoms with Crippen molar-refractivity contribution in [2.75, 3.05) is 6.61 Å². The molecule has 2 nitrogen and oxygen atoms in total. The first-order valence-electron chi connectivity index (χ1n) is 5.95. The van der Waals surface area contributed by atoms with Crippen LogP contribution in [0.4, 0.5) is 0 Å². The van der Waals surface area contributed by atoms with E-state index in [4.69, 9.17) is 4.74 Å². The van der Waals surface area contributed by atoms with Gasteiger partial charge < -0.3 is 10.1 Å². The molecule has 0 aromatic heterocycles. The fourth-order valence-electron chi connectivity index (χ4n) is 1.54. The molecule has 0 atom stereocenters. The molecular formula is C14H19NO. The zero-order valence-electron chi connectivity index (χ0n) is 9.78. The molecule has 1 saturated carbocycles. The molecule has 0 heterocycles. The summed E-state index contributed by atoms with van der Waals surface area (Å²) < 4.78 is 5.59. The molecule has 0 saturated heterocycles. The van der Waals surface area contributed by atoms with Gasteiger partial charge in [-0.2, -0.15) is 0 Å². The van der Waals surface area contributed by atoms with Gasteiger partial charge in [-0.05, 0) is 37.5 Å². The van der Waals surface area contributed by atoms with E-state index < -0.39 is 0 Å². The van der Waals surface area contributed by atoms with E-state index in [1.54, 1.807) is 0 Å². The highest BCUT2D eigenvalue weighted by Gasteiger charge is 2.19. The number of hydrogen-bond acceptors (Lipinski definition) is 2. The molecule has 2 rings (SSSR count). The Kier molecular flexibility index (Phi) is 4.00. The smallest absolute Gasteiger partial charge is 0.120 e. The van der Waals surface area contributed by atoms with Crippen LogP contribution < -0.4 is 10.1 Å². The first-order chi connectivity index (χ1) is 7.88. The molecule has 1 aromatic rings. The van der Waals surface area contributed by atoms with E-state index in [2.05, 4.69) is 23.5 Å². The fraction of sp³-hybridized carbons (Fsp3) is 0.429. The molecule has 1 aliphatic rings. The van der Waals surface area contributed by atoms with E-state index in [0.29, 0.717) is 6.61 Å². The molecular weight excluding hydrogens is 198 g/mol. The van der Waals surface area contributed by atoms with Crippen LogP contribution in [0.3, 0.4) is 0 Å². The summed E-state index contributed by atoms with van der Waals surface area (Å²) in [6.07, 6.45) is 6.67. The monoisotopic (exact) mass is 217 g/mol. The SMILES string of the molecule is C/C=C/COc1cccc(CNC2CC2)c1. The van der Waals surface area contributed by atoms with E-state index >= 15 is 0 Å². The predicted molar refractivity (Wildman–Crippen MR) is 66.6 cm³/mol. The fourth-order valence-corrected chi connectivity index (χ4v) is 1.54. The third-order valence-corrected chi connectivity index (χ3v) is 2.65. The third kappa shape index (κ3) is 3.70. The molecule has 86 valence electrons. The van der Waals surface area contributed by atoms with E-state index in [0.717, 1.165) is 18.3 Å². The van der Waals surface area contributed by atoms with Crippen molar-refractivity contribution in [2.24, 2.45) is 0 Å². The molecule has 1 aromatic carbocycles. The second-order valence-electron chi connectivity index (χ2n) is 4.18. The van der Waals surface area contributed by atoms with Crippen LogP contribution >= 0.6 is 0 Å². The van der Waals surface area contributed by atoms with Crippen molar-refractivity contribution in [3.8, 4) is 5.75 Å². The van der Waals surface area contributed by atoms with E-state index in [1.165, 1.54) is 18.4 Å². The van der Waals surface area contributed by atoms with Crippen molar-refractivity contribution in [3.05, 3.63) is 42.0 Å². The molecule has 2 heteroatoms. The average molecular weight is 217 g/mol. The van der Waals surface area contributed by atoms with Crippen molar-refractivity contribution < 1.29 is 4.74 Å². The Labute approximate surface area is 97.3 Å². The highest BCUT2D eigenvalue weighted by Crippen LogP contribution is 2.20. The third-order valence-electron chi connectivity index (χ3n) is 2.65. The Bertz CT molecular complexity index is 356. The van der Waals surface area contributed by atoms with Crippen LogP contribution in [0.5, 0.6) is 5.75 Å². The number of rotatable bonds is 6. The van der Waals surface area contributed by atoms with Crippen molar-refractivity contribution in [2.45, 2.75) is 32.4 Å². The van der Waals surface area contributed by atoms with Crippen molar-refractivity contribution in [3.63, 3.8) is 0 Å². The summed E-state index contributed by atoms with van der Waals surface area (Å²) >= 11 is 0. The number of hydrogen-bond donors (Lipinski definition) is 1. The zero-order chi connectivity index (χ0) is 11.2. The van der Waals surface area contributed by atoms with E-state index in [-0.39, 0.29) is 0 Å². The maximum Gasteiger partial charge on any atom is 0.120 e. The zero-order valence-corrected chi connectivity index (χ0v) is 9.78. The van der Waals surface area contributed by atoms with Gasteiger partial charge in [0, 0.05) is 12.6 Å². The maximum absolute atomic E-state index is 5.59. The number of nitrogens with one attached hydrogen (secondary N) is 1. The van der Waals surface area contributed by atoms with Crippen LogP contribution in [-0.2, 0) is 6.54 Å². The van der Waals surface area contributed by atoms with Gasteiger partial charge in [-0.15, -0.1) is 0 Å². The van der Waals surface area contributed by atoms with Gasteiger partial charge in [0.1, 0.15) is 12.4 Å². The van der Waals surface area contributed by atoms with E-state index in [1.807, 2.05) is 25.1 Å². The minimum atomic E-state index is 0.649. The second-order valence-corrected chi connectivity index (χ2v) is 4.18. The quantitative estimate of drug-likeness (QED) is 0.740. The Morgan fingerprint density at radius 3 is 3.06 bits per heavy atom. The first kappa shape index (κ1) is 11.2. The van der Waals surface area contributed by atoms with Gasteiger partial charge in [-0.3, -0.25) is 0 Å². The molecule has 1 N–H and O–H groups in total. The Hall–Kier alpha value is -1.28. The van der Waals surface area contributed by atoms with Crippen molar-refractivity contribution >= 4 is 0 Å². The molecule has 0 spiro atoms. The summed E-state index contributed by atoms with van der Waals surface area (Å²) in [5.41, 5.74) is 1.30. The summed E-state index contributed by atoms with van der Waals surface area (Å²) in [4.78, 5) is 0. The lowest BCUT2D eigenvalue weighted by Gasteiger charge is -2.07. The number of allylic oxidation sites excluding steroid dienone is 1. The number of benzene rings is 1. The molecule has 1 aliphatic carbocycles. The summed E-state index contributed by atoms with van der Waals surface area (Å²) in [6, 6.07) is 9.06. The van der Waals surface area contributed by atoms with Gasteiger partial charge in [-0.25, -0.2) is 0 Å².